The van der Waals surface area contributed by atoms with Crippen LogP contribution in [0.25, 0.3) is 0 Å². The Hall–Kier alpha value is -1.10. The molecule has 1 atom stereocenters. The Bertz CT molecular complexity index is 276. The summed E-state index contributed by atoms with van der Waals surface area (Å²) in [5.74, 6) is 0.478. The molecule has 84 valence electrons. The van der Waals surface area contributed by atoms with Gasteiger partial charge >= 0.3 is 0 Å². The standard InChI is InChI=1S/C10H17N3O2/c11-8(7-1-2-7)5-10(15)13-4-3-12-9(14)6-13/h7-8H,1-6,11H2,(H,12,14). The van der Waals surface area contributed by atoms with E-state index in [1.165, 1.54) is 0 Å². The molecule has 0 aromatic rings. The van der Waals surface area contributed by atoms with E-state index < -0.39 is 0 Å². The number of nitrogens with zero attached hydrogens (tertiary/aromatic N) is 1. The van der Waals surface area contributed by atoms with E-state index in [2.05, 4.69) is 5.32 Å². The number of carbonyl (C=O) groups excluding carboxylic acids is 2. The predicted octanol–water partition coefficient (Wildman–Crippen LogP) is -0.928. The molecule has 5 heteroatoms. The maximum Gasteiger partial charge on any atom is 0.239 e. The molecule has 1 saturated heterocycles. The monoisotopic (exact) mass is 211 g/mol. The van der Waals surface area contributed by atoms with Gasteiger partial charge in [0.2, 0.25) is 11.8 Å². The zero-order valence-electron chi connectivity index (χ0n) is 8.74. The number of piperazine rings is 1. The number of nitrogens with two attached hydrogens (primary N) is 1. The van der Waals surface area contributed by atoms with Crippen molar-refractivity contribution < 1.29 is 9.59 Å². The lowest BCUT2D eigenvalue weighted by Gasteiger charge is -2.27. The third-order valence-electron chi connectivity index (χ3n) is 3.03. The van der Waals surface area contributed by atoms with E-state index in [-0.39, 0.29) is 24.4 Å². The van der Waals surface area contributed by atoms with Gasteiger partial charge in [0.15, 0.2) is 0 Å². The first-order valence-electron chi connectivity index (χ1n) is 5.47. The second-order valence-electron chi connectivity index (χ2n) is 4.37. The maximum atomic E-state index is 11.8. The molecule has 2 aliphatic rings. The number of nitrogens with one attached hydrogen (secondary N) is 1. The topological polar surface area (TPSA) is 75.4 Å². The van der Waals surface area contributed by atoms with Gasteiger partial charge in [-0.05, 0) is 18.8 Å². The smallest absolute Gasteiger partial charge is 0.239 e. The number of amides is 2. The van der Waals surface area contributed by atoms with Crippen molar-refractivity contribution in [2.45, 2.75) is 25.3 Å². The summed E-state index contributed by atoms with van der Waals surface area (Å²) < 4.78 is 0. The largest absolute Gasteiger partial charge is 0.353 e. The van der Waals surface area contributed by atoms with Crippen LogP contribution in [0.15, 0.2) is 0 Å². The van der Waals surface area contributed by atoms with E-state index in [1.54, 1.807) is 4.90 Å². The van der Waals surface area contributed by atoms with E-state index in [0.29, 0.717) is 25.4 Å². The highest BCUT2D eigenvalue weighted by Crippen LogP contribution is 2.32. The summed E-state index contributed by atoms with van der Waals surface area (Å²) in [4.78, 5) is 24.4. The maximum absolute atomic E-state index is 11.8. The fourth-order valence-electron chi connectivity index (χ4n) is 1.87. The van der Waals surface area contributed by atoms with Gasteiger partial charge in [0.25, 0.3) is 0 Å². The second-order valence-corrected chi connectivity index (χ2v) is 4.37. The van der Waals surface area contributed by atoms with E-state index in [0.717, 1.165) is 12.8 Å². The molecule has 1 saturated carbocycles. The lowest BCUT2D eigenvalue weighted by Crippen LogP contribution is -2.51. The van der Waals surface area contributed by atoms with E-state index >= 15 is 0 Å². The summed E-state index contributed by atoms with van der Waals surface area (Å²) in [7, 11) is 0. The van der Waals surface area contributed by atoms with Crippen LogP contribution in [0, 0.1) is 5.92 Å². The van der Waals surface area contributed by atoms with Gasteiger partial charge in [0, 0.05) is 25.6 Å². The zero-order chi connectivity index (χ0) is 10.8. The van der Waals surface area contributed by atoms with Crippen molar-refractivity contribution in [3.63, 3.8) is 0 Å². The summed E-state index contributed by atoms with van der Waals surface area (Å²) in [5, 5.41) is 2.69. The van der Waals surface area contributed by atoms with E-state index in [1.807, 2.05) is 0 Å². The van der Waals surface area contributed by atoms with Gasteiger partial charge < -0.3 is 16.0 Å². The van der Waals surface area contributed by atoms with Crippen molar-refractivity contribution in [2.24, 2.45) is 11.7 Å². The molecule has 1 unspecified atom stereocenters. The summed E-state index contributed by atoms with van der Waals surface area (Å²) in [6.07, 6.45) is 2.68. The van der Waals surface area contributed by atoms with Crippen LogP contribution in [-0.2, 0) is 9.59 Å². The summed E-state index contributed by atoms with van der Waals surface area (Å²) >= 11 is 0. The van der Waals surface area contributed by atoms with Gasteiger partial charge in [-0.3, -0.25) is 9.59 Å². The molecule has 0 aromatic heterocycles. The van der Waals surface area contributed by atoms with E-state index in [9.17, 15) is 9.59 Å². The lowest BCUT2D eigenvalue weighted by atomic mass is 10.1. The minimum atomic E-state index is -0.0745. The average molecular weight is 211 g/mol. The van der Waals surface area contributed by atoms with Crippen molar-refractivity contribution in [1.29, 1.82) is 0 Å². The molecule has 2 rings (SSSR count). The molecule has 0 radical (unpaired) electrons. The van der Waals surface area contributed by atoms with Crippen LogP contribution in [0.1, 0.15) is 19.3 Å². The molecule has 0 aromatic carbocycles. The Kier molecular flexibility index (Phi) is 2.90. The van der Waals surface area contributed by atoms with Crippen LogP contribution in [0.2, 0.25) is 0 Å². The van der Waals surface area contributed by atoms with Gasteiger partial charge in [0.05, 0.1) is 6.54 Å². The number of carbonyl (C=O) groups is 2. The first-order valence-corrected chi connectivity index (χ1v) is 5.47. The Morgan fingerprint density at radius 3 is 2.93 bits per heavy atom. The van der Waals surface area contributed by atoms with Gasteiger partial charge in [-0.25, -0.2) is 0 Å². The summed E-state index contributed by atoms with van der Waals surface area (Å²) in [6, 6.07) is -0.0116. The van der Waals surface area contributed by atoms with Crippen molar-refractivity contribution in [2.75, 3.05) is 19.6 Å². The highest BCUT2D eigenvalue weighted by molar-refractivity contribution is 5.86. The molecule has 3 N–H and O–H groups in total. The molecule has 2 amide bonds. The predicted molar refractivity (Wildman–Crippen MR) is 54.9 cm³/mol. The van der Waals surface area contributed by atoms with Gasteiger partial charge in [-0.2, -0.15) is 0 Å². The van der Waals surface area contributed by atoms with Gasteiger partial charge in [0.1, 0.15) is 0 Å². The Labute approximate surface area is 89.0 Å². The normalized spacial score (nSPS) is 23.5. The van der Waals surface area contributed by atoms with Crippen molar-refractivity contribution >= 4 is 11.8 Å². The molecule has 1 heterocycles. The fourth-order valence-corrected chi connectivity index (χ4v) is 1.87. The Morgan fingerprint density at radius 1 is 1.60 bits per heavy atom. The second kappa shape index (κ2) is 4.18. The number of rotatable bonds is 3. The van der Waals surface area contributed by atoms with Crippen LogP contribution in [-0.4, -0.2) is 42.4 Å². The first-order chi connectivity index (χ1) is 7.16. The minimum Gasteiger partial charge on any atom is -0.353 e. The Morgan fingerprint density at radius 2 is 2.33 bits per heavy atom. The Balaban J connectivity index is 1.81. The number of hydrogen-bond donors (Lipinski definition) is 2. The summed E-state index contributed by atoms with van der Waals surface area (Å²) in [6.45, 7) is 1.36. The molecule has 1 aliphatic heterocycles. The van der Waals surface area contributed by atoms with Crippen LogP contribution < -0.4 is 11.1 Å². The van der Waals surface area contributed by atoms with Crippen molar-refractivity contribution in [3.05, 3.63) is 0 Å². The lowest BCUT2D eigenvalue weighted by molar-refractivity contribution is -0.138. The average Bonchev–Trinajstić information content (AvgIpc) is 3.00. The third kappa shape index (κ3) is 2.68. The fraction of sp³-hybridized carbons (Fsp3) is 0.800. The molecule has 0 spiro atoms. The third-order valence-corrected chi connectivity index (χ3v) is 3.03. The highest BCUT2D eigenvalue weighted by atomic mass is 16.2. The van der Waals surface area contributed by atoms with Gasteiger partial charge in [-0.15, -0.1) is 0 Å². The molecule has 1 aliphatic carbocycles. The molecular weight excluding hydrogens is 194 g/mol. The molecule has 5 nitrogen and oxygen atoms in total. The van der Waals surface area contributed by atoms with Crippen LogP contribution >= 0.6 is 0 Å². The first kappa shape index (κ1) is 10.4. The molecule has 0 bridgehead atoms. The quantitative estimate of drug-likeness (QED) is 0.633. The van der Waals surface area contributed by atoms with Crippen molar-refractivity contribution in [1.82, 2.24) is 10.2 Å². The molecule has 15 heavy (non-hydrogen) atoms. The SMILES string of the molecule is NC(CC(=O)N1CCNC(=O)C1)C1CC1. The van der Waals surface area contributed by atoms with E-state index in [4.69, 9.17) is 5.73 Å². The van der Waals surface area contributed by atoms with Crippen molar-refractivity contribution in [3.8, 4) is 0 Å². The number of hydrogen-bond acceptors (Lipinski definition) is 3. The molecular formula is C10H17N3O2. The van der Waals surface area contributed by atoms with Gasteiger partial charge in [-0.1, -0.05) is 0 Å². The van der Waals surface area contributed by atoms with Crippen LogP contribution in [0.4, 0.5) is 0 Å². The summed E-state index contributed by atoms with van der Waals surface area (Å²) in [5.41, 5.74) is 5.87. The highest BCUT2D eigenvalue weighted by Gasteiger charge is 2.31. The van der Waals surface area contributed by atoms with Crippen LogP contribution in [0.3, 0.4) is 0 Å². The minimum absolute atomic E-state index is 0.0116. The molecule has 2 fully saturated rings. The zero-order valence-corrected chi connectivity index (χ0v) is 8.74. The van der Waals surface area contributed by atoms with Crippen LogP contribution in [0.5, 0.6) is 0 Å².